The van der Waals surface area contributed by atoms with Crippen LogP contribution in [0, 0.1) is 6.92 Å². The Balaban J connectivity index is 1.83. The first-order chi connectivity index (χ1) is 17.8. The Bertz CT molecular complexity index is 1290. The highest BCUT2D eigenvalue weighted by molar-refractivity contribution is 9.08. The molecule has 0 radical (unpaired) electrons. The van der Waals surface area contributed by atoms with E-state index in [0.717, 1.165) is 27.8 Å². The number of ether oxygens (including phenoxy) is 3. The molecule has 2 atom stereocenters. The number of benzene rings is 2. The average Bonchev–Trinajstić information content (AvgIpc) is 3.15. The number of allylic oxidation sites excluding steroid dienone is 3. The fourth-order valence-electron chi connectivity index (χ4n) is 5.35. The summed E-state index contributed by atoms with van der Waals surface area (Å²) in [4.78, 5) is 27.4. The van der Waals surface area contributed by atoms with Gasteiger partial charge in [-0.1, -0.05) is 33.6 Å². The van der Waals surface area contributed by atoms with Crippen molar-refractivity contribution < 1.29 is 23.8 Å². The maximum absolute atomic E-state index is 13.5. The summed E-state index contributed by atoms with van der Waals surface area (Å²) in [5, 5.41) is 3.92. The Morgan fingerprint density at radius 3 is 2.51 bits per heavy atom. The van der Waals surface area contributed by atoms with Gasteiger partial charge in [0, 0.05) is 22.4 Å². The summed E-state index contributed by atoms with van der Waals surface area (Å²) >= 11 is 4.93. The molecule has 8 heteroatoms. The predicted molar refractivity (Wildman–Crippen MR) is 152 cm³/mol. The second-order valence-corrected chi connectivity index (χ2v) is 10.6. The van der Waals surface area contributed by atoms with Crippen LogP contribution in [0.1, 0.15) is 51.4 Å². The van der Waals surface area contributed by atoms with Crippen molar-refractivity contribution in [3.8, 4) is 17.2 Å². The van der Waals surface area contributed by atoms with Gasteiger partial charge in [0.15, 0.2) is 17.3 Å². The second-order valence-electron chi connectivity index (χ2n) is 9.19. The van der Waals surface area contributed by atoms with Crippen molar-refractivity contribution in [2.45, 2.75) is 43.5 Å². The van der Waals surface area contributed by atoms with E-state index in [4.69, 9.17) is 14.2 Å². The molecule has 0 heterocycles. The van der Waals surface area contributed by atoms with Crippen molar-refractivity contribution in [1.29, 1.82) is 0 Å². The van der Waals surface area contributed by atoms with E-state index in [-0.39, 0.29) is 23.7 Å². The molecule has 1 amide bonds. The van der Waals surface area contributed by atoms with Gasteiger partial charge < -0.3 is 19.5 Å². The lowest BCUT2D eigenvalue weighted by Crippen LogP contribution is -2.37. The molecule has 37 heavy (non-hydrogen) atoms. The molecule has 0 aliphatic heterocycles. The molecular weight excluding hydrogens is 554 g/mol. The third-order valence-corrected chi connectivity index (χ3v) is 8.42. The smallest absolute Gasteiger partial charge is 0.251 e. The number of halogens is 1. The predicted octanol–water partition coefficient (Wildman–Crippen LogP) is 5.89. The highest BCUT2D eigenvalue weighted by Crippen LogP contribution is 2.50. The number of alkyl halides is 1. The third-order valence-electron chi connectivity index (χ3n) is 6.97. The zero-order valence-electron chi connectivity index (χ0n) is 21.8. The third kappa shape index (κ3) is 5.46. The zero-order chi connectivity index (χ0) is 26.7. The van der Waals surface area contributed by atoms with Crippen LogP contribution in [-0.2, 0) is 16.5 Å². The van der Waals surface area contributed by atoms with Crippen LogP contribution in [-0.4, -0.2) is 45.3 Å². The van der Waals surface area contributed by atoms with Crippen LogP contribution in [0.3, 0.4) is 0 Å². The number of amides is 1. The zero-order valence-corrected chi connectivity index (χ0v) is 24.2. The minimum atomic E-state index is -0.321. The fourth-order valence-corrected chi connectivity index (χ4v) is 6.20. The van der Waals surface area contributed by atoms with Gasteiger partial charge in [-0.25, -0.2) is 0 Å². The maximum atomic E-state index is 13.5. The van der Waals surface area contributed by atoms with Gasteiger partial charge in [-0.15, -0.1) is 11.8 Å². The van der Waals surface area contributed by atoms with E-state index in [1.54, 1.807) is 27.4 Å². The number of hydrogen-bond acceptors (Lipinski definition) is 6. The molecular formula is C29H32BrNO5S. The Labute approximate surface area is 231 Å². The molecule has 0 spiro atoms. The Hall–Kier alpha value is -2.71. The Kier molecular flexibility index (Phi) is 8.70. The van der Waals surface area contributed by atoms with Gasteiger partial charge >= 0.3 is 0 Å². The normalized spacial score (nSPS) is 18.9. The van der Waals surface area contributed by atoms with Crippen molar-refractivity contribution in [2.75, 3.05) is 27.6 Å². The number of nitrogens with one attached hydrogen (secondary N) is 1. The van der Waals surface area contributed by atoms with Crippen LogP contribution in [0.2, 0.25) is 0 Å². The summed E-state index contributed by atoms with van der Waals surface area (Å²) in [5.41, 5.74) is 5.60. The van der Waals surface area contributed by atoms with Gasteiger partial charge in [-0.2, -0.15) is 0 Å². The van der Waals surface area contributed by atoms with E-state index in [2.05, 4.69) is 27.3 Å². The first-order valence-corrected chi connectivity index (χ1v) is 14.5. The number of aryl methyl sites for hydroxylation is 2. The minimum absolute atomic E-state index is 0.0377. The van der Waals surface area contributed by atoms with Crippen molar-refractivity contribution in [3.05, 3.63) is 74.7 Å². The van der Waals surface area contributed by atoms with Crippen molar-refractivity contribution in [3.63, 3.8) is 0 Å². The number of carbonyl (C=O) groups excluding carboxylic acids is 2. The standard InChI is InChI=1S/C29H32BrNO5S/c1-16-10-17(15-30)12-19(11-16)29(33)31-22-8-6-18-13-24(34-2)27(35-3)28(36-4)26(18)20-7-9-25(37-5)23(32)14-21(20)22/h9-14,20,22H,6-8,15H2,1-5H3,(H,31,33)/t20?,22-/m0/s1. The molecule has 196 valence electrons. The van der Waals surface area contributed by atoms with Gasteiger partial charge in [0.05, 0.1) is 32.3 Å². The van der Waals surface area contributed by atoms with Crippen LogP contribution in [0.15, 0.2) is 46.9 Å². The van der Waals surface area contributed by atoms with E-state index in [0.29, 0.717) is 52.3 Å². The van der Waals surface area contributed by atoms with E-state index in [1.807, 2.05) is 37.5 Å². The summed E-state index contributed by atoms with van der Waals surface area (Å²) in [6.07, 6.45) is 7.54. The fraction of sp³-hybridized carbons (Fsp3) is 0.379. The first kappa shape index (κ1) is 27.3. The van der Waals surface area contributed by atoms with Crippen LogP contribution in [0.5, 0.6) is 17.2 Å². The lowest BCUT2D eigenvalue weighted by molar-refractivity contribution is -0.110. The van der Waals surface area contributed by atoms with Gasteiger partial charge in [0.1, 0.15) is 0 Å². The maximum Gasteiger partial charge on any atom is 0.251 e. The topological polar surface area (TPSA) is 73.9 Å². The molecule has 6 nitrogen and oxygen atoms in total. The van der Waals surface area contributed by atoms with Crippen molar-refractivity contribution in [2.24, 2.45) is 0 Å². The summed E-state index contributed by atoms with van der Waals surface area (Å²) in [5.74, 6) is 1.37. The number of ketones is 1. The molecule has 0 saturated heterocycles. The van der Waals surface area contributed by atoms with Crippen molar-refractivity contribution in [1.82, 2.24) is 5.32 Å². The van der Waals surface area contributed by atoms with Gasteiger partial charge in [-0.3, -0.25) is 9.59 Å². The summed E-state index contributed by atoms with van der Waals surface area (Å²) in [7, 11) is 4.82. The number of fused-ring (bicyclic) bond motifs is 3. The van der Waals surface area contributed by atoms with Gasteiger partial charge in [0.2, 0.25) is 5.75 Å². The van der Waals surface area contributed by atoms with E-state index >= 15 is 0 Å². The summed E-state index contributed by atoms with van der Waals surface area (Å²) < 4.78 is 17.2. The molecule has 2 aromatic rings. The van der Waals surface area contributed by atoms with Crippen LogP contribution < -0.4 is 19.5 Å². The lowest BCUT2D eigenvalue weighted by Gasteiger charge is -2.27. The Morgan fingerprint density at radius 1 is 1.11 bits per heavy atom. The molecule has 0 bridgehead atoms. The molecule has 1 N–H and O–H groups in total. The largest absolute Gasteiger partial charge is 0.493 e. The second kappa shape index (κ2) is 11.8. The summed E-state index contributed by atoms with van der Waals surface area (Å²) in [6.45, 7) is 1.98. The number of methoxy groups -OCH3 is 3. The number of thioether (sulfide) groups is 1. The molecule has 2 aliphatic rings. The highest BCUT2D eigenvalue weighted by Gasteiger charge is 2.36. The molecule has 1 unspecified atom stereocenters. The molecule has 0 saturated carbocycles. The average molecular weight is 587 g/mol. The van der Waals surface area contributed by atoms with E-state index < -0.39 is 0 Å². The minimum Gasteiger partial charge on any atom is -0.493 e. The monoisotopic (exact) mass is 585 g/mol. The molecule has 2 aliphatic carbocycles. The van der Waals surface area contributed by atoms with E-state index in [9.17, 15) is 9.59 Å². The van der Waals surface area contributed by atoms with Crippen molar-refractivity contribution >= 4 is 39.4 Å². The SMILES string of the molecule is COc1cc2c(c(OC)c1OC)C1CC=C(SC)C(=O)C=C1[C@@H](NC(=O)c1cc(C)cc(CBr)c1)CC2. The first-order valence-electron chi connectivity index (χ1n) is 12.1. The van der Waals surface area contributed by atoms with Crippen LogP contribution in [0.25, 0.3) is 0 Å². The molecule has 2 aromatic carbocycles. The van der Waals surface area contributed by atoms with Crippen LogP contribution >= 0.6 is 27.7 Å². The quantitative estimate of drug-likeness (QED) is 0.408. The highest BCUT2D eigenvalue weighted by atomic mass is 79.9. The molecule has 0 aromatic heterocycles. The van der Waals surface area contributed by atoms with Crippen LogP contribution in [0.4, 0.5) is 0 Å². The number of carbonyl (C=O) groups is 2. The number of rotatable bonds is 7. The molecule has 0 fully saturated rings. The number of hydrogen-bond donors (Lipinski definition) is 1. The summed E-state index contributed by atoms with van der Waals surface area (Å²) in [6, 6.07) is 7.52. The molecule has 4 rings (SSSR count). The van der Waals surface area contributed by atoms with E-state index in [1.165, 1.54) is 11.8 Å². The van der Waals surface area contributed by atoms with Gasteiger partial charge in [-0.05, 0) is 73.4 Å². The lowest BCUT2D eigenvalue weighted by atomic mass is 9.84. The Morgan fingerprint density at radius 2 is 1.86 bits per heavy atom. The van der Waals surface area contributed by atoms with Gasteiger partial charge in [0.25, 0.3) is 5.91 Å².